The summed E-state index contributed by atoms with van der Waals surface area (Å²) in [5.74, 6) is -1.00. The first kappa shape index (κ1) is 23.0. The fraction of sp³-hybridized carbons (Fsp3) is 0.143. The van der Waals surface area contributed by atoms with Gasteiger partial charge in [0.05, 0.1) is 17.3 Å². The number of carbonyl (C=O) groups is 1. The van der Waals surface area contributed by atoms with E-state index in [1.54, 1.807) is 6.08 Å². The van der Waals surface area contributed by atoms with Crippen LogP contribution in [0.5, 0.6) is 0 Å². The molecule has 170 valence electrons. The molecule has 0 saturated heterocycles. The molecule has 3 aromatic rings. The van der Waals surface area contributed by atoms with Crippen LogP contribution in [0.3, 0.4) is 0 Å². The molecule has 5 nitrogen and oxygen atoms in total. The zero-order chi connectivity index (χ0) is 24.2. The molecule has 0 fully saturated rings. The van der Waals surface area contributed by atoms with Crippen molar-refractivity contribution in [2.24, 2.45) is 0 Å². The summed E-state index contributed by atoms with van der Waals surface area (Å²) >= 11 is 0. The number of rotatable bonds is 6. The van der Waals surface area contributed by atoms with Gasteiger partial charge in [-0.2, -0.15) is 5.26 Å². The van der Waals surface area contributed by atoms with Crippen LogP contribution >= 0.6 is 0 Å². The summed E-state index contributed by atoms with van der Waals surface area (Å²) in [6, 6.07) is 21.1. The highest BCUT2D eigenvalue weighted by Crippen LogP contribution is 2.39. The number of hydrogen-bond donors (Lipinski definition) is 3. The third-order valence-electron chi connectivity index (χ3n) is 5.90. The van der Waals surface area contributed by atoms with Crippen molar-refractivity contribution < 1.29 is 14.3 Å². The molecule has 3 N–H and O–H groups in total. The lowest BCUT2D eigenvalue weighted by molar-refractivity contribution is -0.131. The predicted molar refractivity (Wildman–Crippen MR) is 132 cm³/mol. The first-order chi connectivity index (χ1) is 16.4. The van der Waals surface area contributed by atoms with Crippen LogP contribution < -0.4 is 10.9 Å². The van der Waals surface area contributed by atoms with E-state index < -0.39 is 12.3 Å². The van der Waals surface area contributed by atoms with Crippen molar-refractivity contribution in [2.75, 3.05) is 5.43 Å². The number of alkyl halides is 1. The van der Waals surface area contributed by atoms with Gasteiger partial charge in [0.1, 0.15) is 0 Å². The minimum absolute atomic E-state index is 0.544. The Labute approximate surface area is 197 Å². The van der Waals surface area contributed by atoms with Gasteiger partial charge in [0.2, 0.25) is 0 Å². The normalized spacial score (nSPS) is 15.4. The summed E-state index contributed by atoms with van der Waals surface area (Å²) in [6.45, 7) is 4.06. The largest absolute Gasteiger partial charge is 0.478 e. The standard InChI is InChI=1S/C28H24FN3O2/c1-3-22(23-11-6-19(16-30)14-17(23)2)27(20-8-4-18(5-9-20)7-13-26(33)34)21-10-12-25-24(15-21)28(29)32-31-25/h4-15,28,31-32H,3H2,1-2H3,(H,33,34)/b13-7+,27-22+. The summed E-state index contributed by atoms with van der Waals surface area (Å²) in [4.78, 5) is 10.9. The molecule has 0 aromatic heterocycles. The Morgan fingerprint density at radius 1 is 1.12 bits per heavy atom. The van der Waals surface area contributed by atoms with Crippen molar-refractivity contribution in [3.63, 3.8) is 0 Å². The highest BCUT2D eigenvalue weighted by atomic mass is 19.1. The molecule has 0 saturated carbocycles. The molecule has 1 aliphatic rings. The maximum atomic E-state index is 14.4. The number of carboxylic acids is 1. The zero-order valence-corrected chi connectivity index (χ0v) is 18.9. The Morgan fingerprint density at radius 3 is 2.50 bits per heavy atom. The lowest BCUT2D eigenvalue weighted by Gasteiger charge is -2.19. The number of aliphatic carboxylic acids is 1. The summed E-state index contributed by atoms with van der Waals surface area (Å²) < 4.78 is 14.4. The van der Waals surface area contributed by atoms with Gasteiger partial charge >= 0.3 is 5.97 Å². The van der Waals surface area contributed by atoms with Crippen molar-refractivity contribution in [1.82, 2.24) is 5.43 Å². The summed E-state index contributed by atoms with van der Waals surface area (Å²) in [7, 11) is 0. The maximum absolute atomic E-state index is 14.4. The molecule has 1 heterocycles. The molecule has 4 rings (SSSR count). The van der Waals surface area contributed by atoms with Crippen LogP contribution in [0.4, 0.5) is 10.1 Å². The maximum Gasteiger partial charge on any atom is 0.328 e. The van der Waals surface area contributed by atoms with Crippen LogP contribution in [-0.2, 0) is 4.79 Å². The molecule has 34 heavy (non-hydrogen) atoms. The Balaban J connectivity index is 1.92. The number of anilines is 1. The Hall–Kier alpha value is -4.21. The van der Waals surface area contributed by atoms with Crippen LogP contribution in [0, 0.1) is 18.3 Å². The van der Waals surface area contributed by atoms with Gasteiger partial charge in [-0.1, -0.05) is 43.3 Å². The Kier molecular flexibility index (Phi) is 6.58. The number of nitriles is 1. The number of nitrogens with one attached hydrogen (secondary N) is 2. The molecule has 3 aromatic carbocycles. The van der Waals surface area contributed by atoms with Crippen molar-refractivity contribution in [3.8, 4) is 6.07 Å². The fourth-order valence-corrected chi connectivity index (χ4v) is 4.28. The lowest BCUT2D eigenvalue weighted by Crippen LogP contribution is -2.14. The van der Waals surface area contributed by atoms with E-state index in [9.17, 15) is 14.4 Å². The third kappa shape index (κ3) is 4.61. The molecule has 1 atom stereocenters. The average Bonchev–Trinajstić information content (AvgIpc) is 3.22. The first-order valence-electron chi connectivity index (χ1n) is 11.0. The topological polar surface area (TPSA) is 85.2 Å². The number of fused-ring (bicyclic) bond motifs is 1. The molecule has 0 radical (unpaired) electrons. The molecule has 0 spiro atoms. The highest BCUT2D eigenvalue weighted by Gasteiger charge is 2.23. The monoisotopic (exact) mass is 453 g/mol. The molecule has 0 amide bonds. The van der Waals surface area contributed by atoms with Gasteiger partial charge in [-0.05, 0) is 82.6 Å². The van der Waals surface area contributed by atoms with Gasteiger partial charge in [-0.25, -0.2) is 14.6 Å². The van der Waals surface area contributed by atoms with Crippen molar-refractivity contribution >= 4 is 28.9 Å². The zero-order valence-electron chi connectivity index (χ0n) is 18.9. The van der Waals surface area contributed by atoms with Crippen LogP contribution in [0.2, 0.25) is 0 Å². The highest BCUT2D eigenvalue weighted by molar-refractivity contribution is 5.99. The molecule has 1 unspecified atom stereocenters. The van der Waals surface area contributed by atoms with Crippen LogP contribution in [0.25, 0.3) is 17.2 Å². The van der Waals surface area contributed by atoms with E-state index in [1.165, 1.54) is 0 Å². The van der Waals surface area contributed by atoms with E-state index in [-0.39, 0.29) is 0 Å². The minimum Gasteiger partial charge on any atom is -0.478 e. The van der Waals surface area contributed by atoms with Gasteiger partial charge in [-0.3, -0.25) is 0 Å². The van der Waals surface area contributed by atoms with Gasteiger partial charge in [0, 0.05) is 11.6 Å². The van der Waals surface area contributed by atoms with E-state index in [2.05, 4.69) is 23.8 Å². The van der Waals surface area contributed by atoms with Gasteiger partial charge in [0.25, 0.3) is 0 Å². The van der Waals surface area contributed by atoms with Crippen LogP contribution in [0.1, 0.15) is 58.6 Å². The van der Waals surface area contributed by atoms with E-state index >= 15 is 0 Å². The number of halogens is 1. The number of hydrazine groups is 1. The number of nitrogens with zero attached hydrogens (tertiary/aromatic N) is 1. The van der Waals surface area contributed by atoms with Crippen LogP contribution in [0.15, 0.2) is 66.7 Å². The van der Waals surface area contributed by atoms with Gasteiger partial charge in [0.15, 0.2) is 6.30 Å². The van der Waals surface area contributed by atoms with E-state index in [4.69, 9.17) is 5.11 Å². The first-order valence-corrected chi connectivity index (χ1v) is 11.0. The number of carboxylic acid groups (broad SMARTS) is 1. The van der Waals surface area contributed by atoms with Gasteiger partial charge in [-0.15, -0.1) is 0 Å². The van der Waals surface area contributed by atoms with E-state index in [0.717, 1.165) is 51.5 Å². The number of hydrogen-bond acceptors (Lipinski definition) is 4. The van der Waals surface area contributed by atoms with Crippen molar-refractivity contribution in [3.05, 3.63) is 106 Å². The molecular weight excluding hydrogens is 429 g/mol. The minimum atomic E-state index is -1.30. The fourth-order valence-electron chi connectivity index (χ4n) is 4.28. The second-order valence-electron chi connectivity index (χ2n) is 8.08. The van der Waals surface area contributed by atoms with Crippen molar-refractivity contribution in [2.45, 2.75) is 26.6 Å². The van der Waals surface area contributed by atoms with E-state index in [1.807, 2.05) is 67.6 Å². The summed E-state index contributed by atoms with van der Waals surface area (Å²) in [6.07, 6.45) is 2.06. The molecule has 6 heteroatoms. The average molecular weight is 454 g/mol. The summed E-state index contributed by atoms with van der Waals surface area (Å²) in [5.41, 5.74) is 13.9. The van der Waals surface area contributed by atoms with Crippen molar-refractivity contribution in [1.29, 1.82) is 5.26 Å². The molecule has 0 bridgehead atoms. The van der Waals surface area contributed by atoms with Gasteiger partial charge < -0.3 is 10.5 Å². The van der Waals surface area contributed by atoms with E-state index in [0.29, 0.717) is 16.8 Å². The quantitative estimate of drug-likeness (QED) is 0.234. The molecule has 1 aliphatic heterocycles. The Bertz CT molecular complexity index is 1350. The lowest BCUT2D eigenvalue weighted by atomic mass is 9.85. The third-order valence-corrected chi connectivity index (χ3v) is 5.90. The molecular formula is C28H24FN3O2. The second kappa shape index (κ2) is 9.74. The number of aryl methyl sites for hydroxylation is 1. The SMILES string of the molecule is CC/C(=C(/c1ccc(/C=C/C(=O)O)cc1)c1ccc2c(c1)C(F)NN2)c1ccc(C#N)cc1C. The Morgan fingerprint density at radius 2 is 1.85 bits per heavy atom. The number of benzene rings is 3. The van der Waals surface area contributed by atoms with Crippen LogP contribution in [-0.4, -0.2) is 11.1 Å². The summed E-state index contributed by atoms with van der Waals surface area (Å²) in [5, 5.41) is 18.2. The predicted octanol–water partition coefficient (Wildman–Crippen LogP) is 6.23. The second-order valence-corrected chi connectivity index (χ2v) is 8.08. The number of allylic oxidation sites excluding steroid dienone is 1. The molecule has 0 aliphatic carbocycles. The smallest absolute Gasteiger partial charge is 0.328 e.